The van der Waals surface area contributed by atoms with E-state index in [0.29, 0.717) is 5.89 Å². The number of rotatable bonds is 7. The molecule has 10 aromatic rings. The van der Waals surface area contributed by atoms with Gasteiger partial charge in [0.15, 0.2) is 5.58 Å². The zero-order valence-corrected chi connectivity index (χ0v) is 28.7. The second-order valence-electron chi connectivity index (χ2n) is 13.2. The molecule has 0 amide bonds. The lowest BCUT2D eigenvalue weighted by Gasteiger charge is -2.26. The van der Waals surface area contributed by atoms with Crippen molar-refractivity contribution < 1.29 is 8.83 Å². The predicted molar refractivity (Wildman–Crippen MR) is 218 cm³/mol. The van der Waals surface area contributed by atoms with E-state index in [1.54, 1.807) is 0 Å². The highest BCUT2D eigenvalue weighted by Crippen LogP contribution is 2.41. The number of para-hydroxylation sites is 2. The maximum atomic E-state index is 6.62. The van der Waals surface area contributed by atoms with Gasteiger partial charge in [-0.15, -0.1) is 0 Å². The Labute approximate surface area is 306 Å². The van der Waals surface area contributed by atoms with E-state index in [1.165, 1.54) is 16.7 Å². The van der Waals surface area contributed by atoms with Crippen molar-refractivity contribution >= 4 is 50.1 Å². The molecule has 53 heavy (non-hydrogen) atoms. The number of nitrogens with zero attached hydrogens (tertiary/aromatic N) is 2. The molecule has 0 aliphatic carbocycles. The molecule has 8 aromatic carbocycles. The SMILES string of the molecule is c1ccc(-c2ccc(N(c3ccc(-c4cccc5nc(-c6cccc7oc8ccccc8c67)oc45)cc3)c3cccc(-c4ccccc4)c3)cc2)cc1. The summed E-state index contributed by atoms with van der Waals surface area (Å²) in [7, 11) is 0. The molecule has 0 atom stereocenters. The van der Waals surface area contributed by atoms with Crippen LogP contribution in [0.3, 0.4) is 0 Å². The molecular weight excluding hydrogens is 649 g/mol. The topological polar surface area (TPSA) is 42.4 Å². The van der Waals surface area contributed by atoms with Gasteiger partial charge in [-0.2, -0.15) is 0 Å². The summed E-state index contributed by atoms with van der Waals surface area (Å²) in [6.07, 6.45) is 0. The Morgan fingerprint density at radius 1 is 0.377 bits per heavy atom. The monoisotopic (exact) mass is 680 g/mol. The second-order valence-corrected chi connectivity index (χ2v) is 13.2. The van der Waals surface area contributed by atoms with Crippen LogP contribution in [0.15, 0.2) is 203 Å². The lowest BCUT2D eigenvalue weighted by atomic mass is 10.0. The summed E-state index contributed by atoms with van der Waals surface area (Å²) in [5.41, 5.74) is 14.1. The maximum Gasteiger partial charge on any atom is 0.228 e. The van der Waals surface area contributed by atoms with E-state index >= 15 is 0 Å². The van der Waals surface area contributed by atoms with Gasteiger partial charge in [0.05, 0.1) is 0 Å². The van der Waals surface area contributed by atoms with E-state index < -0.39 is 0 Å². The second kappa shape index (κ2) is 12.9. The van der Waals surface area contributed by atoms with Crippen LogP contribution in [0.25, 0.3) is 77.9 Å². The largest absolute Gasteiger partial charge is 0.456 e. The van der Waals surface area contributed by atoms with Crippen molar-refractivity contribution in [1.29, 1.82) is 0 Å². The molecule has 0 aliphatic heterocycles. The third-order valence-corrected chi connectivity index (χ3v) is 9.93. The third-order valence-electron chi connectivity index (χ3n) is 9.93. The van der Waals surface area contributed by atoms with Crippen LogP contribution >= 0.6 is 0 Å². The fraction of sp³-hybridized carbons (Fsp3) is 0. The molecule has 2 aromatic heterocycles. The molecule has 0 saturated carbocycles. The number of aromatic nitrogens is 1. The van der Waals surface area contributed by atoms with E-state index in [1.807, 2.05) is 48.5 Å². The van der Waals surface area contributed by atoms with Crippen molar-refractivity contribution in [3.05, 3.63) is 194 Å². The van der Waals surface area contributed by atoms with Crippen LogP contribution < -0.4 is 4.90 Å². The summed E-state index contributed by atoms with van der Waals surface area (Å²) in [6.45, 7) is 0. The number of hydrogen-bond donors (Lipinski definition) is 0. The van der Waals surface area contributed by atoms with Gasteiger partial charge in [-0.1, -0.05) is 133 Å². The van der Waals surface area contributed by atoms with Crippen molar-refractivity contribution in [3.8, 4) is 44.8 Å². The first-order chi connectivity index (χ1) is 26.3. The zero-order chi connectivity index (χ0) is 35.1. The molecule has 0 saturated heterocycles. The first-order valence-electron chi connectivity index (χ1n) is 17.8. The van der Waals surface area contributed by atoms with Crippen LogP contribution in [0.1, 0.15) is 0 Å². The van der Waals surface area contributed by atoms with Gasteiger partial charge in [-0.3, -0.25) is 0 Å². The number of hydrogen-bond acceptors (Lipinski definition) is 4. The highest BCUT2D eigenvalue weighted by atomic mass is 16.4. The Kier molecular flexibility index (Phi) is 7.43. The van der Waals surface area contributed by atoms with Crippen molar-refractivity contribution in [1.82, 2.24) is 4.98 Å². The molecule has 0 N–H and O–H groups in total. The first kappa shape index (κ1) is 30.6. The van der Waals surface area contributed by atoms with Crippen molar-refractivity contribution in [2.45, 2.75) is 0 Å². The highest BCUT2D eigenvalue weighted by Gasteiger charge is 2.19. The number of oxazole rings is 1. The minimum Gasteiger partial charge on any atom is -0.456 e. The van der Waals surface area contributed by atoms with Crippen LogP contribution in [0, 0.1) is 0 Å². The standard InChI is InChI=1S/C49H32N2O2/c1-3-12-33(13-4-1)35-24-28-38(29-25-35)51(40-17-9-16-37(32-40)34-14-5-2-6-15-34)39-30-26-36(27-31-39)41-19-10-21-44-48(41)53-49(50-44)43-20-11-23-46-47(43)42-18-7-8-22-45(42)52-46/h1-32H. The molecule has 0 aliphatic rings. The van der Waals surface area contributed by atoms with Gasteiger partial charge < -0.3 is 13.7 Å². The molecule has 2 heterocycles. The van der Waals surface area contributed by atoms with Crippen LogP contribution in [0.5, 0.6) is 0 Å². The van der Waals surface area contributed by atoms with Crippen LogP contribution in [-0.4, -0.2) is 4.98 Å². The average molecular weight is 681 g/mol. The summed E-state index contributed by atoms with van der Waals surface area (Å²) < 4.78 is 12.8. The predicted octanol–water partition coefficient (Wildman–Crippen LogP) is 13.9. The third kappa shape index (κ3) is 5.54. The Morgan fingerprint density at radius 3 is 1.70 bits per heavy atom. The summed E-state index contributed by atoms with van der Waals surface area (Å²) in [4.78, 5) is 7.29. The Morgan fingerprint density at radius 2 is 0.943 bits per heavy atom. The molecule has 10 rings (SSSR count). The number of fused-ring (bicyclic) bond motifs is 4. The zero-order valence-electron chi connectivity index (χ0n) is 28.7. The molecule has 0 fully saturated rings. The number of benzene rings is 8. The minimum absolute atomic E-state index is 0.574. The summed E-state index contributed by atoms with van der Waals surface area (Å²) in [5, 5.41) is 2.05. The van der Waals surface area contributed by atoms with Gasteiger partial charge in [0.2, 0.25) is 5.89 Å². The van der Waals surface area contributed by atoms with Crippen LogP contribution in [0.2, 0.25) is 0 Å². The van der Waals surface area contributed by atoms with Crippen molar-refractivity contribution in [2.75, 3.05) is 4.90 Å². The van der Waals surface area contributed by atoms with Crippen LogP contribution in [0.4, 0.5) is 17.1 Å². The van der Waals surface area contributed by atoms with E-state index in [0.717, 1.165) is 72.4 Å². The van der Waals surface area contributed by atoms with Gasteiger partial charge in [0.25, 0.3) is 0 Å². The van der Waals surface area contributed by atoms with Gasteiger partial charge in [0, 0.05) is 39.0 Å². The van der Waals surface area contributed by atoms with E-state index in [9.17, 15) is 0 Å². The normalized spacial score (nSPS) is 11.4. The Hall–Kier alpha value is -7.17. The van der Waals surface area contributed by atoms with Gasteiger partial charge in [-0.25, -0.2) is 4.98 Å². The highest BCUT2D eigenvalue weighted by molar-refractivity contribution is 6.12. The molecule has 4 nitrogen and oxygen atoms in total. The number of furan rings is 1. The van der Waals surface area contributed by atoms with Gasteiger partial charge in [0.1, 0.15) is 16.7 Å². The fourth-order valence-electron chi connectivity index (χ4n) is 7.37. The molecule has 0 spiro atoms. The molecule has 0 unspecified atom stereocenters. The molecule has 0 bridgehead atoms. The van der Waals surface area contributed by atoms with Crippen molar-refractivity contribution in [3.63, 3.8) is 0 Å². The van der Waals surface area contributed by atoms with E-state index in [-0.39, 0.29) is 0 Å². The first-order valence-corrected chi connectivity index (χ1v) is 17.8. The minimum atomic E-state index is 0.574. The fourth-order valence-corrected chi connectivity index (χ4v) is 7.37. The summed E-state index contributed by atoms with van der Waals surface area (Å²) >= 11 is 0. The number of anilines is 3. The molecule has 4 heteroatoms. The maximum absolute atomic E-state index is 6.62. The lowest BCUT2D eigenvalue weighted by molar-refractivity contribution is 0.621. The molecular formula is C49H32N2O2. The molecule has 0 radical (unpaired) electrons. The van der Waals surface area contributed by atoms with Gasteiger partial charge in [-0.05, 0) is 88.5 Å². The Balaban J connectivity index is 1.05. The van der Waals surface area contributed by atoms with E-state index in [2.05, 4.69) is 150 Å². The summed E-state index contributed by atoms with van der Waals surface area (Å²) in [5.74, 6) is 0.574. The van der Waals surface area contributed by atoms with Gasteiger partial charge >= 0.3 is 0 Å². The van der Waals surface area contributed by atoms with E-state index in [4.69, 9.17) is 13.8 Å². The quantitative estimate of drug-likeness (QED) is 0.168. The average Bonchev–Trinajstić information content (AvgIpc) is 3.85. The summed E-state index contributed by atoms with van der Waals surface area (Å²) in [6, 6.07) is 67.5. The van der Waals surface area contributed by atoms with Crippen molar-refractivity contribution in [2.24, 2.45) is 0 Å². The lowest BCUT2D eigenvalue weighted by Crippen LogP contribution is -2.10. The smallest absolute Gasteiger partial charge is 0.228 e. The molecule has 250 valence electrons. The van der Waals surface area contributed by atoms with Crippen LogP contribution in [-0.2, 0) is 0 Å². The Bertz CT molecular complexity index is 2870.